The lowest BCUT2D eigenvalue weighted by Gasteiger charge is -2.37. The molecule has 1 aromatic heterocycles. The fourth-order valence-electron chi connectivity index (χ4n) is 4.93. The molecule has 2 amide bonds. The minimum absolute atomic E-state index is 0.144. The highest BCUT2D eigenvalue weighted by Crippen LogP contribution is 2.30. The largest absolute Gasteiger partial charge is 0.393 e. The van der Waals surface area contributed by atoms with Crippen molar-refractivity contribution in [2.24, 2.45) is 5.92 Å². The van der Waals surface area contributed by atoms with Gasteiger partial charge in [-0.1, -0.05) is 13.0 Å². The molecule has 5 rings (SSSR count). The van der Waals surface area contributed by atoms with E-state index in [9.17, 15) is 19.1 Å². The van der Waals surface area contributed by atoms with Crippen molar-refractivity contribution in [2.75, 3.05) is 29.0 Å². The van der Waals surface area contributed by atoms with Crippen LogP contribution in [0.1, 0.15) is 36.7 Å². The van der Waals surface area contributed by atoms with Crippen molar-refractivity contribution in [1.82, 2.24) is 9.88 Å². The maximum atomic E-state index is 14.7. The lowest BCUT2D eigenvalue weighted by atomic mass is 9.90. The molecule has 202 valence electrons. The van der Waals surface area contributed by atoms with Gasteiger partial charge in [0, 0.05) is 53.5 Å². The van der Waals surface area contributed by atoms with E-state index in [4.69, 9.17) is 0 Å². The van der Waals surface area contributed by atoms with E-state index in [0.29, 0.717) is 29.2 Å². The van der Waals surface area contributed by atoms with E-state index in [0.717, 1.165) is 31.5 Å². The average Bonchev–Trinajstić information content (AvgIpc) is 3.47. The number of likely N-dealkylation sites (tertiary alicyclic amines) is 1. The zero-order valence-corrected chi connectivity index (χ0v) is 21.7. The van der Waals surface area contributed by atoms with Crippen LogP contribution in [0.25, 0.3) is 0 Å². The van der Waals surface area contributed by atoms with Crippen molar-refractivity contribution in [3.05, 3.63) is 95.7 Å². The number of H-pyrrole nitrogens is 1. The molecule has 3 aromatic rings. The zero-order chi connectivity index (χ0) is 27.4. The number of aliphatic hydroxyl groups excluding tert-OH is 1. The Morgan fingerprint density at radius 1 is 0.949 bits per heavy atom. The second kappa shape index (κ2) is 11.6. The van der Waals surface area contributed by atoms with Crippen LogP contribution in [-0.2, 0) is 4.79 Å². The number of hydrogen-bond donors (Lipinski definition) is 5. The molecule has 1 saturated heterocycles. The second-order valence-corrected chi connectivity index (χ2v) is 10.00. The SMILES string of the molecule is CC1CC(C(=O)Nc2ccc(Nc3ccc(NC(=O)c4ccc[nH]4)cc3F)cc2)=CC=C1N1CCC(O)CC1. The first-order chi connectivity index (χ1) is 18.9. The Bertz CT molecular complexity index is 1390. The summed E-state index contributed by atoms with van der Waals surface area (Å²) >= 11 is 0. The highest BCUT2D eigenvalue weighted by molar-refractivity contribution is 6.04. The van der Waals surface area contributed by atoms with Gasteiger partial charge in [0.25, 0.3) is 11.8 Å². The monoisotopic (exact) mass is 529 g/mol. The van der Waals surface area contributed by atoms with Gasteiger partial charge in [-0.3, -0.25) is 9.59 Å². The first-order valence-electron chi connectivity index (χ1n) is 13.1. The van der Waals surface area contributed by atoms with E-state index in [1.165, 1.54) is 11.8 Å². The number of hydrogen-bond acceptors (Lipinski definition) is 5. The molecule has 2 aliphatic rings. The summed E-state index contributed by atoms with van der Waals surface area (Å²) in [6.07, 6.45) is 7.54. The summed E-state index contributed by atoms with van der Waals surface area (Å²) in [5.74, 6) is -0.783. The van der Waals surface area contributed by atoms with Gasteiger partial charge in [-0.05, 0) is 79.9 Å². The zero-order valence-electron chi connectivity index (χ0n) is 21.7. The number of halogens is 1. The van der Waals surface area contributed by atoms with Gasteiger partial charge in [-0.2, -0.15) is 0 Å². The van der Waals surface area contributed by atoms with Gasteiger partial charge in [0.2, 0.25) is 0 Å². The van der Waals surface area contributed by atoms with E-state index in [1.807, 2.05) is 12.2 Å². The number of nitrogens with zero attached hydrogens (tertiary/aromatic N) is 1. The third kappa shape index (κ3) is 6.38. The number of aliphatic hydroxyl groups is 1. The molecular weight excluding hydrogens is 497 g/mol. The smallest absolute Gasteiger partial charge is 0.272 e. The molecule has 5 N–H and O–H groups in total. The number of benzene rings is 2. The summed E-state index contributed by atoms with van der Waals surface area (Å²) < 4.78 is 14.7. The molecule has 1 aliphatic carbocycles. The highest BCUT2D eigenvalue weighted by Gasteiger charge is 2.26. The van der Waals surface area contributed by atoms with Gasteiger partial charge in [0.15, 0.2) is 0 Å². The van der Waals surface area contributed by atoms with Crippen molar-refractivity contribution in [3.63, 3.8) is 0 Å². The molecular formula is C30H32FN5O3. The summed E-state index contributed by atoms with van der Waals surface area (Å²) in [5, 5.41) is 18.4. The van der Waals surface area contributed by atoms with Crippen LogP contribution in [0.3, 0.4) is 0 Å². The predicted octanol–water partition coefficient (Wildman–Crippen LogP) is 5.40. The van der Waals surface area contributed by atoms with Crippen molar-refractivity contribution < 1.29 is 19.1 Å². The van der Waals surface area contributed by atoms with Gasteiger partial charge in [0.1, 0.15) is 11.5 Å². The number of aromatic nitrogens is 1. The summed E-state index contributed by atoms with van der Waals surface area (Å²) in [6, 6.07) is 14.8. The maximum absolute atomic E-state index is 14.7. The Labute approximate surface area is 226 Å². The molecule has 0 bridgehead atoms. The lowest BCUT2D eigenvalue weighted by molar-refractivity contribution is -0.113. The Morgan fingerprint density at radius 3 is 2.31 bits per heavy atom. The van der Waals surface area contributed by atoms with E-state index in [-0.39, 0.29) is 29.5 Å². The molecule has 0 saturated carbocycles. The number of amides is 2. The number of piperidine rings is 1. The van der Waals surface area contributed by atoms with Gasteiger partial charge < -0.3 is 30.9 Å². The summed E-state index contributed by atoms with van der Waals surface area (Å²) in [5.41, 5.74) is 4.23. The van der Waals surface area contributed by atoms with Crippen molar-refractivity contribution in [3.8, 4) is 0 Å². The van der Waals surface area contributed by atoms with Crippen LogP contribution in [0.2, 0.25) is 0 Å². The number of carbonyl (C=O) groups excluding carboxylic acids is 2. The third-order valence-corrected chi connectivity index (χ3v) is 7.10. The number of rotatable bonds is 7. The first kappa shape index (κ1) is 26.2. The molecule has 0 radical (unpaired) electrons. The van der Waals surface area contributed by atoms with Crippen molar-refractivity contribution in [2.45, 2.75) is 32.3 Å². The number of anilines is 4. The van der Waals surface area contributed by atoms with Gasteiger partial charge in [-0.25, -0.2) is 4.39 Å². The van der Waals surface area contributed by atoms with Crippen LogP contribution in [0.5, 0.6) is 0 Å². The van der Waals surface area contributed by atoms with Gasteiger partial charge >= 0.3 is 0 Å². The number of nitrogens with one attached hydrogen (secondary N) is 4. The number of allylic oxidation sites excluding steroid dienone is 3. The summed E-state index contributed by atoms with van der Waals surface area (Å²) in [4.78, 5) is 30.2. The molecule has 1 atom stereocenters. The third-order valence-electron chi connectivity index (χ3n) is 7.10. The second-order valence-electron chi connectivity index (χ2n) is 10.00. The quantitative estimate of drug-likeness (QED) is 0.282. The van der Waals surface area contributed by atoms with Crippen molar-refractivity contribution in [1.29, 1.82) is 0 Å². The first-order valence-corrected chi connectivity index (χ1v) is 13.1. The van der Waals surface area contributed by atoms with Gasteiger partial charge in [0.05, 0.1) is 11.8 Å². The Hall–Kier alpha value is -4.37. The molecule has 0 spiro atoms. The molecule has 1 aliphatic heterocycles. The molecule has 8 nitrogen and oxygen atoms in total. The lowest BCUT2D eigenvalue weighted by Crippen LogP contribution is -2.37. The van der Waals surface area contributed by atoms with E-state index in [2.05, 4.69) is 32.8 Å². The standard InChI is InChI=1S/C30H32FN5O3/c1-19-17-20(4-11-28(19)36-15-12-24(37)13-16-36)29(38)34-22-7-5-21(6-8-22)33-26-10-9-23(18-25(26)31)35-30(39)27-3-2-14-32-27/h2-11,14,18-19,24,32-33,37H,12-13,15-17H2,1H3,(H,34,38)(H,35,39). The molecule has 1 fully saturated rings. The van der Waals surface area contributed by atoms with Crippen molar-refractivity contribution >= 4 is 34.6 Å². The Kier molecular flexibility index (Phi) is 7.79. The Morgan fingerprint density at radius 2 is 1.64 bits per heavy atom. The van der Waals surface area contributed by atoms with E-state index >= 15 is 0 Å². The van der Waals surface area contributed by atoms with Crippen LogP contribution in [-0.4, -0.2) is 46.0 Å². The van der Waals surface area contributed by atoms with Gasteiger partial charge in [-0.15, -0.1) is 0 Å². The molecule has 9 heteroatoms. The molecule has 2 aromatic carbocycles. The average molecular weight is 530 g/mol. The fourth-order valence-corrected chi connectivity index (χ4v) is 4.93. The van der Waals surface area contributed by atoms with Crippen LogP contribution in [0.15, 0.2) is 84.2 Å². The maximum Gasteiger partial charge on any atom is 0.272 e. The normalized spacial score (nSPS) is 17.7. The number of carbonyl (C=O) groups is 2. The topological polar surface area (TPSA) is 109 Å². The summed E-state index contributed by atoms with van der Waals surface area (Å²) in [6.45, 7) is 3.80. The minimum atomic E-state index is -0.511. The minimum Gasteiger partial charge on any atom is -0.393 e. The van der Waals surface area contributed by atoms with E-state index < -0.39 is 5.82 Å². The van der Waals surface area contributed by atoms with Crippen LogP contribution < -0.4 is 16.0 Å². The Balaban J connectivity index is 1.17. The molecule has 39 heavy (non-hydrogen) atoms. The molecule has 1 unspecified atom stereocenters. The fraction of sp³-hybridized carbons (Fsp3) is 0.267. The predicted molar refractivity (Wildman–Crippen MR) is 150 cm³/mol. The highest BCUT2D eigenvalue weighted by atomic mass is 19.1. The van der Waals surface area contributed by atoms with Crippen LogP contribution in [0.4, 0.5) is 27.1 Å². The van der Waals surface area contributed by atoms with E-state index in [1.54, 1.807) is 54.7 Å². The van der Waals surface area contributed by atoms with Crippen LogP contribution >= 0.6 is 0 Å². The van der Waals surface area contributed by atoms with Crippen LogP contribution in [0, 0.1) is 11.7 Å². The molecule has 2 heterocycles. The number of aromatic amines is 1. The summed E-state index contributed by atoms with van der Waals surface area (Å²) in [7, 11) is 0.